The van der Waals surface area contributed by atoms with Crippen LogP contribution in [0.3, 0.4) is 0 Å². The Kier molecular flexibility index (Phi) is 3.51. The van der Waals surface area contributed by atoms with Crippen molar-refractivity contribution in [2.24, 2.45) is 0 Å². The van der Waals surface area contributed by atoms with Gasteiger partial charge in [-0.2, -0.15) is 0 Å². The number of aryl methyl sites for hydroxylation is 2. The summed E-state index contributed by atoms with van der Waals surface area (Å²) in [4.78, 5) is 1.62. The summed E-state index contributed by atoms with van der Waals surface area (Å²) < 4.78 is 0.688. The average Bonchev–Trinajstić information content (AvgIpc) is 2.54. The summed E-state index contributed by atoms with van der Waals surface area (Å²) in [6.45, 7) is 3.76. The summed E-state index contributed by atoms with van der Waals surface area (Å²) in [6.07, 6.45) is 1.98. The molecule has 88 valence electrons. The van der Waals surface area contributed by atoms with Crippen LogP contribution in [0.15, 0.2) is 17.0 Å². The second-order valence-corrected chi connectivity index (χ2v) is 5.98. The van der Waals surface area contributed by atoms with Gasteiger partial charge >= 0.3 is 0 Å². The summed E-state index contributed by atoms with van der Waals surface area (Å²) in [6, 6.07) is 3.86. The van der Waals surface area contributed by atoms with Crippen molar-refractivity contribution in [1.29, 1.82) is 0 Å². The maximum Gasteiger partial charge on any atom is 0.143 e. The smallest absolute Gasteiger partial charge is 0.143 e. The number of hydrogen-bond donors (Lipinski definition) is 2. The molecular formula is C12H11NOS3. The Morgan fingerprint density at radius 3 is 2.29 bits per heavy atom. The highest BCUT2D eigenvalue weighted by Crippen LogP contribution is 2.29. The minimum Gasteiger partial charge on any atom is -0.507 e. The molecule has 1 aromatic rings. The third-order valence-corrected chi connectivity index (χ3v) is 4.09. The first-order chi connectivity index (χ1) is 7.97. The van der Waals surface area contributed by atoms with Crippen LogP contribution in [0.2, 0.25) is 0 Å². The number of hydrogen-bond acceptors (Lipinski definition) is 4. The first-order valence-electron chi connectivity index (χ1n) is 5.02. The molecule has 0 radical (unpaired) electrons. The van der Waals surface area contributed by atoms with Gasteiger partial charge in [0.05, 0.1) is 0 Å². The summed E-state index contributed by atoms with van der Waals surface area (Å²) in [7, 11) is 0. The van der Waals surface area contributed by atoms with Crippen molar-refractivity contribution in [3.8, 4) is 5.75 Å². The van der Waals surface area contributed by atoms with Crippen molar-refractivity contribution >= 4 is 51.6 Å². The molecule has 0 aliphatic carbocycles. The molecule has 2 nitrogen and oxygen atoms in total. The summed E-state index contributed by atoms with van der Waals surface area (Å²) in [5.74, 6) is 0.349. The molecule has 0 atom stereocenters. The van der Waals surface area contributed by atoms with E-state index in [1.807, 2.05) is 32.1 Å². The van der Waals surface area contributed by atoms with Gasteiger partial charge in [-0.3, -0.25) is 0 Å². The molecule has 2 rings (SSSR count). The van der Waals surface area contributed by atoms with E-state index < -0.39 is 0 Å². The zero-order chi connectivity index (χ0) is 12.6. The molecule has 2 N–H and O–H groups in total. The van der Waals surface area contributed by atoms with Gasteiger partial charge in [-0.15, -0.1) is 0 Å². The highest BCUT2D eigenvalue weighted by molar-refractivity contribution is 8.27. The Balaban J connectivity index is 2.40. The Hall–Kier alpha value is -0.910. The zero-order valence-corrected chi connectivity index (χ0v) is 11.9. The molecule has 0 spiro atoms. The fourth-order valence-corrected chi connectivity index (χ4v) is 3.12. The number of phenolic OH excluding ortho intramolecular Hbond substituents is 1. The van der Waals surface area contributed by atoms with E-state index in [1.54, 1.807) is 0 Å². The van der Waals surface area contributed by atoms with Crippen LogP contribution in [-0.4, -0.2) is 14.4 Å². The summed E-state index contributed by atoms with van der Waals surface area (Å²) in [5, 5.41) is 12.6. The van der Waals surface area contributed by atoms with Crippen LogP contribution in [0.25, 0.3) is 6.08 Å². The SMILES string of the molecule is Cc1cc(C=C2SC(=S)NC2=S)cc(C)c1O. The van der Waals surface area contributed by atoms with Gasteiger partial charge in [0.2, 0.25) is 0 Å². The summed E-state index contributed by atoms with van der Waals surface area (Å²) in [5.41, 5.74) is 2.75. The number of thioether (sulfide) groups is 1. The Labute approximate surface area is 115 Å². The number of benzene rings is 1. The molecule has 0 aromatic heterocycles. The maximum absolute atomic E-state index is 9.70. The van der Waals surface area contributed by atoms with Crippen molar-refractivity contribution in [3.05, 3.63) is 33.7 Å². The van der Waals surface area contributed by atoms with E-state index in [9.17, 15) is 5.11 Å². The predicted molar refractivity (Wildman–Crippen MR) is 81.5 cm³/mol. The van der Waals surface area contributed by atoms with E-state index in [4.69, 9.17) is 24.4 Å². The second kappa shape index (κ2) is 4.76. The molecular weight excluding hydrogens is 270 g/mol. The molecule has 0 saturated carbocycles. The van der Waals surface area contributed by atoms with Crippen LogP contribution >= 0.6 is 36.2 Å². The Morgan fingerprint density at radius 2 is 1.82 bits per heavy atom. The predicted octanol–water partition coefficient (Wildman–Crippen LogP) is 3.30. The molecule has 0 unspecified atom stereocenters. The molecule has 1 saturated heterocycles. The number of rotatable bonds is 1. The van der Waals surface area contributed by atoms with E-state index in [-0.39, 0.29) is 0 Å². The number of nitrogens with one attached hydrogen (secondary N) is 1. The zero-order valence-electron chi connectivity index (χ0n) is 9.40. The minimum absolute atomic E-state index is 0.349. The fraction of sp³-hybridized carbons (Fsp3) is 0.167. The van der Waals surface area contributed by atoms with E-state index >= 15 is 0 Å². The van der Waals surface area contributed by atoms with E-state index in [0.29, 0.717) is 15.1 Å². The van der Waals surface area contributed by atoms with Crippen molar-refractivity contribution in [3.63, 3.8) is 0 Å². The highest BCUT2D eigenvalue weighted by atomic mass is 32.2. The molecule has 1 aliphatic rings. The molecule has 0 amide bonds. The first kappa shape index (κ1) is 12.5. The summed E-state index contributed by atoms with van der Waals surface area (Å²) >= 11 is 11.7. The maximum atomic E-state index is 9.70. The topological polar surface area (TPSA) is 32.3 Å². The quantitative estimate of drug-likeness (QED) is 0.609. The lowest BCUT2D eigenvalue weighted by atomic mass is 10.1. The van der Waals surface area contributed by atoms with E-state index in [2.05, 4.69) is 5.32 Å². The van der Waals surface area contributed by atoms with Gasteiger partial charge in [0.25, 0.3) is 0 Å². The fourth-order valence-electron chi connectivity index (χ4n) is 1.65. The molecule has 0 bridgehead atoms. The van der Waals surface area contributed by atoms with Gasteiger partial charge in [0.15, 0.2) is 0 Å². The standard InChI is InChI=1S/C12H11NOS3/c1-6-3-8(4-7(2)10(6)14)5-9-11(15)13-12(16)17-9/h3-5,14H,1-2H3,(H,13,15,16). The Bertz CT molecular complexity index is 526. The van der Waals surface area contributed by atoms with Crippen LogP contribution in [0, 0.1) is 13.8 Å². The molecule has 5 heteroatoms. The molecule has 1 heterocycles. The van der Waals surface area contributed by atoms with Gasteiger partial charge in [0, 0.05) is 4.91 Å². The van der Waals surface area contributed by atoms with Gasteiger partial charge in [-0.05, 0) is 48.7 Å². The molecule has 1 aliphatic heterocycles. The third-order valence-electron chi connectivity index (χ3n) is 2.45. The van der Waals surface area contributed by atoms with Crippen molar-refractivity contribution < 1.29 is 5.11 Å². The lowest BCUT2D eigenvalue weighted by Gasteiger charge is -2.05. The van der Waals surface area contributed by atoms with Crippen molar-refractivity contribution in [2.45, 2.75) is 13.8 Å². The third kappa shape index (κ3) is 2.68. The lowest BCUT2D eigenvalue weighted by Crippen LogP contribution is -2.15. The average molecular weight is 281 g/mol. The molecule has 1 fully saturated rings. The van der Waals surface area contributed by atoms with Crippen LogP contribution in [0.4, 0.5) is 0 Å². The monoisotopic (exact) mass is 281 g/mol. The number of aromatic hydroxyl groups is 1. The van der Waals surface area contributed by atoms with E-state index in [1.165, 1.54) is 11.8 Å². The molecule has 17 heavy (non-hydrogen) atoms. The van der Waals surface area contributed by atoms with Gasteiger partial charge in [-0.1, -0.05) is 36.2 Å². The minimum atomic E-state index is 0.349. The first-order valence-corrected chi connectivity index (χ1v) is 6.66. The lowest BCUT2D eigenvalue weighted by molar-refractivity contribution is 0.467. The second-order valence-electron chi connectivity index (χ2n) is 3.86. The largest absolute Gasteiger partial charge is 0.507 e. The van der Waals surface area contributed by atoms with Crippen LogP contribution in [0.1, 0.15) is 16.7 Å². The van der Waals surface area contributed by atoms with Crippen LogP contribution in [0.5, 0.6) is 5.75 Å². The van der Waals surface area contributed by atoms with Crippen LogP contribution in [-0.2, 0) is 0 Å². The van der Waals surface area contributed by atoms with Gasteiger partial charge in [-0.25, -0.2) is 0 Å². The highest BCUT2D eigenvalue weighted by Gasteiger charge is 2.18. The van der Waals surface area contributed by atoms with Crippen molar-refractivity contribution in [1.82, 2.24) is 5.32 Å². The van der Waals surface area contributed by atoms with Gasteiger partial charge < -0.3 is 10.4 Å². The number of phenols is 1. The Morgan fingerprint density at radius 1 is 1.24 bits per heavy atom. The van der Waals surface area contributed by atoms with Gasteiger partial charge in [0.1, 0.15) is 15.1 Å². The van der Waals surface area contributed by atoms with Crippen molar-refractivity contribution in [2.75, 3.05) is 0 Å². The van der Waals surface area contributed by atoms with Crippen LogP contribution < -0.4 is 5.32 Å². The number of thiocarbonyl (C=S) groups is 2. The van der Waals surface area contributed by atoms with E-state index in [0.717, 1.165) is 21.6 Å². The molecule has 1 aromatic carbocycles. The normalized spacial score (nSPS) is 17.6.